The molecule has 3 atom stereocenters. The first kappa shape index (κ1) is 21.6. The Bertz CT molecular complexity index is 525. The Hall–Kier alpha value is -1.70. The van der Waals surface area contributed by atoms with E-state index in [-0.39, 0.29) is 18.4 Å². The van der Waals surface area contributed by atoms with Crippen molar-refractivity contribution < 1.29 is 24.0 Å². The number of alkyl halides is 1. The van der Waals surface area contributed by atoms with Crippen LogP contribution in [0.1, 0.15) is 71.1 Å². The van der Waals surface area contributed by atoms with Gasteiger partial charge >= 0.3 is 0 Å². The van der Waals surface area contributed by atoms with Crippen molar-refractivity contribution in [2.24, 2.45) is 5.92 Å². The smallest absolute Gasteiger partial charge is 0.278 e. The molecule has 0 aromatic rings. The van der Waals surface area contributed by atoms with E-state index in [1.807, 2.05) is 6.92 Å². The molecule has 154 valence electrons. The lowest BCUT2D eigenvalue weighted by atomic mass is 9.94. The molecule has 3 amide bonds. The summed E-state index contributed by atoms with van der Waals surface area (Å²) in [6.45, 7) is 2.30. The molecule has 0 spiro atoms. The minimum atomic E-state index is -2.13. The number of hydrogen-bond donors (Lipinski definition) is 3. The zero-order chi connectivity index (χ0) is 19.8. The highest BCUT2D eigenvalue weighted by Crippen LogP contribution is 2.26. The summed E-state index contributed by atoms with van der Waals surface area (Å²) in [5.41, 5.74) is 1.29. The molecule has 2 fully saturated rings. The summed E-state index contributed by atoms with van der Waals surface area (Å²) >= 11 is 0. The molecule has 0 aromatic carbocycles. The number of carbonyl (C=O) groups excluding carboxylic acids is 3. The van der Waals surface area contributed by atoms with Crippen LogP contribution in [0.25, 0.3) is 0 Å². The SMILES string of the molecule is CCCC[C@@H](C(=O)N1CCCC1C(=O)NC1CCCCC1)[C@H](F)C(=O)NO. The van der Waals surface area contributed by atoms with E-state index in [2.05, 4.69) is 5.32 Å². The zero-order valence-corrected chi connectivity index (χ0v) is 16.1. The number of unbranched alkanes of at least 4 members (excludes halogenated alkanes) is 1. The van der Waals surface area contributed by atoms with Crippen LogP contribution in [0.3, 0.4) is 0 Å². The van der Waals surface area contributed by atoms with Crippen molar-refractivity contribution in [1.29, 1.82) is 0 Å². The maximum atomic E-state index is 14.5. The molecule has 1 unspecified atom stereocenters. The predicted molar refractivity (Wildman–Crippen MR) is 97.6 cm³/mol. The second-order valence-electron chi connectivity index (χ2n) is 7.66. The van der Waals surface area contributed by atoms with Gasteiger partial charge in [-0.1, -0.05) is 39.0 Å². The molecule has 1 heterocycles. The van der Waals surface area contributed by atoms with Crippen molar-refractivity contribution in [2.45, 2.75) is 89.4 Å². The van der Waals surface area contributed by atoms with Crippen LogP contribution in [0.5, 0.6) is 0 Å². The summed E-state index contributed by atoms with van der Waals surface area (Å²) in [4.78, 5) is 38.6. The highest BCUT2D eigenvalue weighted by molar-refractivity contribution is 5.92. The Balaban J connectivity index is 2.05. The molecule has 2 aliphatic rings. The van der Waals surface area contributed by atoms with Crippen LogP contribution < -0.4 is 10.8 Å². The molecule has 1 saturated heterocycles. The van der Waals surface area contributed by atoms with Crippen molar-refractivity contribution in [3.05, 3.63) is 0 Å². The van der Waals surface area contributed by atoms with Gasteiger partial charge in [0.05, 0.1) is 5.92 Å². The average molecular weight is 385 g/mol. The van der Waals surface area contributed by atoms with Gasteiger partial charge in [-0.3, -0.25) is 19.6 Å². The van der Waals surface area contributed by atoms with E-state index in [1.165, 1.54) is 16.8 Å². The van der Waals surface area contributed by atoms with E-state index in [0.29, 0.717) is 25.8 Å². The number of halogens is 1. The first-order valence-electron chi connectivity index (χ1n) is 10.2. The Labute approximate surface area is 160 Å². The lowest BCUT2D eigenvalue weighted by Crippen LogP contribution is -2.52. The minimum Gasteiger partial charge on any atom is -0.352 e. The van der Waals surface area contributed by atoms with Gasteiger partial charge in [0.1, 0.15) is 6.04 Å². The second kappa shape index (κ2) is 10.6. The molecule has 0 radical (unpaired) electrons. The fourth-order valence-electron chi connectivity index (χ4n) is 4.12. The van der Waals surface area contributed by atoms with Crippen LogP contribution in [0, 0.1) is 5.92 Å². The van der Waals surface area contributed by atoms with Gasteiger partial charge in [-0.15, -0.1) is 0 Å². The normalized spacial score (nSPS) is 22.9. The van der Waals surface area contributed by atoms with E-state index in [9.17, 15) is 18.8 Å². The number of amides is 3. The van der Waals surface area contributed by atoms with Gasteiger partial charge in [0, 0.05) is 12.6 Å². The van der Waals surface area contributed by atoms with Crippen molar-refractivity contribution in [1.82, 2.24) is 15.7 Å². The number of hydroxylamine groups is 1. The summed E-state index contributed by atoms with van der Waals surface area (Å²) in [6.07, 6.45) is 5.92. The van der Waals surface area contributed by atoms with E-state index >= 15 is 0 Å². The molecule has 3 N–H and O–H groups in total. The van der Waals surface area contributed by atoms with Crippen LogP contribution in [-0.4, -0.2) is 52.6 Å². The third-order valence-corrected chi connectivity index (χ3v) is 5.69. The van der Waals surface area contributed by atoms with Gasteiger partial charge in [0.25, 0.3) is 5.91 Å². The Morgan fingerprint density at radius 1 is 1.15 bits per heavy atom. The van der Waals surface area contributed by atoms with Gasteiger partial charge in [-0.05, 0) is 32.1 Å². The topological polar surface area (TPSA) is 98.7 Å². The lowest BCUT2D eigenvalue weighted by Gasteiger charge is -2.31. The largest absolute Gasteiger partial charge is 0.352 e. The number of likely N-dealkylation sites (tertiary alicyclic amines) is 1. The third-order valence-electron chi connectivity index (χ3n) is 5.69. The number of hydrogen-bond acceptors (Lipinski definition) is 4. The zero-order valence-electron chi connectivity index (χ0n) is 16.1. The Kier molecular flexibility index (Phi) is 8.47. The third kappa shape index (κ3) is 5.64. The summed E-state index contributed by atoms with van der Waals surface area (Å²) in [5.74, 6) is -3.09. The van der Waals surface area contributed by atoms with Gasteiger partial charge in [0.2, 0.25) is 11.8 Å². The summed E-state index contributed by atoms with van der Waals surface area (Å²) < 4.78 is 14.5. The molecule has 1 aliphatic carbocycles. The first-order valence-corrected chi connectivity index (χ1v) is 10.2. The molecule has 0 aromatic heterocycles. The standard InChI is InChI=1S/C19H32FN3O4/c1-2-3-10-14(16(20)18(25)22-27)19(26)23-12-7-11-15(23)17(24)21-13-8-5-4-6-9-13/h13-16,27H,2-12H2,1H3,(H,21,24)(H,22,25)/t14-,15?,16+/m1/s1. The molecule has 1 aliphatic heterocycles. The predicted octanol–water partition coefficient (Wildman–Crippen LogP) is 2.08. The minimum absolute atomic E-state index is 0.147. The quantitative estimate of drug-likeness (QED) is 0.440. The van der Waals surface area contributed by atoms with Gasteiger partial charge in [-0.2, -0.15) is 0 Å². The van der Waals surface area contributed by atoms with Gasteiger partial charge in [0.15, 0.2) is 6.17 Å². The van der Waals surface area contributed by atoms with E-state index in [0.717, 1.165) is 32.1 Å². The lowest BCUT2D eigenvalue weighted by molar-refractivity contribution is -0.149. The monoisotopic (exact) mass is 385 g/mol. The van der Waals surface area contributed by atoms with Crippen LogP contribution in [0.15, 0.2) is 0 Å². The van der Waals surface area contributed by atoms with E-state index in [1.54, 1.807) is 0 Å². The molecule has 1 saturated carbocycles. The molecular weight excluding hydrogens is 353 g/mol. The molecule has 8 heteroatoms. The van der Waals surface area contributed by atoms with Crippen LogP contribution in [0.4, 0.5) is 4.39 Å². The Morgan fingerprint density at radius 3 is 2.48 bits per heavy atom. The summed E-state index contributed by atoms with van der Waals surface area (Å²) in [5, 5.41) is 11.8. The molecular formula is C19H32FN3O4. The van der Waals surface area contributed by atoms with Crippen molar-refractivity contribution in [2.75, 3.05) is 6.54 Å². The highest BCUT2D eigenvalue weighted by atomic mass is 19.1. The molecule has 2 rings (SSSR count). The van der Waals surface area contributed by atoms with Crippen LogP contribution in [-0.2, 0) is 14.4 Å². The fourth-order valence-corrected chi connectivity index (χ4v) is 4.12. The summed E-state index contributed by atoms with van der Waals surface area (Å²) in [7, 11) is 0. The van der Waals surface area contributed by atoms with Crippen molar-refractivity contribution in [3.8, 4) is 0 Å². The highest BCUT2D eigenvalue weighted by Gasteiger charge is 2.42. The van der Waals surface area contributed by atoms with Crippen molar-refractivity contribution >= 4 is 17.7 Å². The van der Waals surface area contributed by atoms with Crippen LogP contribution in [0.2, 0.25) is 0 Å². The van der Waals surface area contributed by atoms with Gasteiger partial charge < -0.3 is 10.2 Å². The van der Waals surface area contributed by atoms with Crippen molar-refractivity contribution in [3.63, 3.8) is 0 Å². The molecule has 27 heavy (non-hydrogen) atoms. The van der Waals surface area contributed by atoms with Crippen LogP contribution >= 0.6 is 0 Å². The maximum absolute atomic E-state index is 14.5. The molecule has 0 bridgehead atoms. The number of nitrogens with one attached hydrogen (secondary N) is 2. The number of carbonyl (C=O) groups is 3. The van der Waals surface area contributed by atoms with E-state index in [4.69, 9.17) is 5.21 Å². The second-order valence-corrected chi connectivity index (χ2v) is 7.66. The molecule has 7 nitrogen and oxygen atoms in total. The summed E-state index contributed by atoms with van der Waals surface area (Å²) in [6, 6.07) is -0.457. The van der Waals surface area contributed by atoms with E-state index < -0.39 is 29.9 Å². The number of rotatable bonds is 8. The Morgan fingerprint density at radius 2 is 1.85 bits per heavy atom. The fraction of sp³-hybridized carbons (Fsp3) is 0.842. The maximum Gasteiger partial charge on any atom is 0.278 e. The van der Waals surface area contributed by atoms with Gasteiger partial charge in [-0.25, -0.2) is 9.87 Å². The first-order chi connectivity index (χ1) is 13.0. The number of nitrogens with zero attached hydrogens (tertiary/aromatic N) is 1. The average Bonchev–Trinajstić information content (AvgIpc) is 3.18.